The monoisotopic (exact) mass is 262 g/mol. The Kier molecular flexibility index (Phi) is 2.87. The third-order valence-electron chi connectivity index (χ3n) is 6.59. The van der Waals surface area contributed by atoms with Crippen LogP contribution < -0.4 is 11.1 Å². The SMILES string of the molecule is NCC(NC(=O)C1C2C3CCC(C3)C12)C1CCCC1. The quantitative estimate of drug-likeness (QED) is 0.813. The van der Waals surface area contributed by atoms with E-state index in [1.54, 1.807) is 0 Å². The molecule has 0 aliphatic heterocycles. The van der Waals surface area contributed by atoms with E-state index >= 15 is 0 Å². The Labute approximate surface area is 115 Å². The number of nitrogens with one attached hydrogen (secondary N) is 1. The molecule has 3 nitrogen and oxygen atoms in total. The van der Waals surface area contributed by atoms with Crippen molar-refractivity contribution in [2.75, 3.05) is 6.54 Å². The predicted molar refractivity (Wildman–Crippen MR) is 74.2 cm³/mol. The van der Waals surface area contributed by atoms with Crippen LogP contribution >= 0.6 is 0 Å². The molecule has 0 spiro atoms. The largest absolute Gasteiger partial charge is 0.352 e. The van der Waals surface area contributed by atoms with Crippen molar-refractivity contribution in [3.8, 4) is 0 Å². The number of carbonyl (C=O) groups is 1. The molecule has 3 N–H and O–H groups in total. The zero-order valence-electron chi connectivity index (χ0n) is 11.7. The van der Waals surface area contributed by atoms with Gasteiger partial charge in [-0.15, -0.1) is 0 Å². The minimum Gasteiger partial charge on any atom is -0.352 e. The fraction of sp³-hybridized carbons (Fsp3) is 0.938. The number of nitrogens with two attached hydrogens (primary N) is 1. The summed E-state index contributed by atoms with van der Waals surface area (Å²) in [4.78, 5) is 12.5. The highest BCUT2D eigenvalue weighted by atomic mass is 16.2. The minimum absolute atomic E-state index is 0.244. The maximum Gasteiger partial charge on any atom is 0.223 e. The van der Waals surface area contributed by atoms with Crippen molar-refractivity contribution in [3.05, 3.63) is 0 Å². The van der Waals surface area contributed by atoms with Crippen molar-refractivity contribution in [1.82, 2.24) is 5.32 Å². The van der Waals surface area contributed by atoms with Crippen LogP contribution in [0.5, 0.6) is 0 Å². The van der Waals surface area contributed by atoms with Crippen molar-refractivity contribution >= 4 is 5.91 Å². The summed E-state index contributed by atoms with van der Waals surface area (Å²) in [6.07, 6.45) is 9.33. The van der Waals surface area contributed by atoms with Gasteiger partial charge in [-0.25, -0.2) is 0 Å². The summed E-state index contributed by atoms with van der Waals surface area (Å²) in [6, 6.07) is 0.244. The van der Waals surface area contributed by atoms with E-state index in [-0.39, 0.29) is 6.04 Å². The number of rotatable bonds is 4. The fourth-order valence-electron chi connectivity index (χ4n) is 5.68. The molecule has 0 heterocycles. The molecule has 19 heavy (non-hydrogen) atoms. The second-order valence-electron chi connectivity index (χ2n) is 7.41. The third kappa shape index (κ3) is 1.84. The maximum absolute atomic E-state index is 12.5. The first-order valence-corrected chi connectivity index (χ1v) is 8.30. The highest BCUT2D eigenvalue weighted by Crippen LogP contribution is 2.69. The van der Waals surface area contributed by atoms with Crippen molar-refractivity contribution in [2.45, 2.75) is 51.0 Å². The fourth-order valence-corrected chi connectivity index (χ4v) is 5.68. The zero-order valence-corrected chi connectivity index (χ0v) is 11.7. The molecule has 0 aromatic rings. The number of hydrogen-bond acceptors (Lipinski definition) is 2. The van der Waals surface area contributed by atoms with E-state index in [0.717, 1.165) is 23.7 Å². The topological polar surface area (TPSA) is 55.1 Å². The van der Waals surface area contributed by atoms with Gasteiger partial charge in [0.2, 0.25) is 5.91 Å². The molecular weight excluding hydrogens is 236 g/mol. The van der Waals surface area contributed by atoms with Crippen LogP contribution in [0.2, 0.25) is 0 Å². The molecule has 0 radical (unpaired) electrons. The lowest BCUT2D eigenvalue weighted by Gasteiger charge is -2.23. The second-order valence-corrected chi connectivity index (χ2v) is 7.41. The van der Waals surface area contributed by atoms with Gasteiger partial charge in [0.25, 0.3) is 0 Å². The number of amides is 1. The van der Waals surface area contributed by atoms with Gasteiger partial charge in [-0.3, -0.25) is 4.79 Å². The summed E-state index contributed by atoms with van der Waals surface area (Å²) in [5, 5.41) is 3.30. The molecule has 4 saturated carbocycles. The minimum atomic E-state index is 0.244. The van der Waals surface area contributed by atoms with Crippen LogP contribution in [0.4, 0.5) is 0 Å². The van der Waals surface area contributed by atoms with E-state index < -0.39 is 0 Å². The Morgan fingerprint density at radius 2 is 1.74 bits per heavy atom. The van der Waals surface area contributed by atoms with Crippen LogP contribution in [0.1, 0.15) is 44.9 Å². The molecule has 2 bridgehead atoms. The average Bonchev–Trinajstić information content (AvgIpc) is 2.85. The van der Waals surface area contributed by atoms with Crippen molar-refractivity contribution in [3.63, 3.8) is 0 Å². The van der Waals surface area contributed by atoms with Gasteiger partial charge in [0.05, 0.1) is 0 Å². The highest BCUT2D eigenvalue weighted by Gasteiger charge is 2.67. The second kappa shape index (κ2) is 4.47. The molecule has 4 fully saturated rings. The van der Waals surface area contributed by atoms with E-state index in [1.807, 2.05) is 0 Å². The van der Waals surface area contributed by atoms with Gasteiger partial charge in [-0.1, -0.05) is 12.8 Å². The summed E-state index contributed by atoms with van der Waals surface area (Å²) >= 11 is 0. The molecule has 4 aliphatic carbocycles. The molecule has 4 aliphatic rings. The summed E-state index contributed by atoms with van der Waals surface area (Å²) < 4.78 is 0. The van der Waals surface area contributed by atoms with Crippen LogP contribution in [0.25, 0.3) is 0 Å². The van der Waals surface area contributed by atoms with Crippen molar-refractivity contribution in [2.24, 2.45) is 41.2 Å². The van der Waals surface area contributed by atoms with Gasteiger partial charge in [-0.05, 0) is 61.7 Å². The molecule has 5 unspecified atom stereocenters. The van der Waals surface area contributed by atoms with Gasteiger partial charge in [-0.2, -0.15) is 0 Å². The van der Waals surface area contributed by atoms with Gasteiger partial charge in [0.15, 0.2) is 0 Å². The lowest BCUT2D eigenvalue weighted by molar-refractivity contribution is -0.124. The van der Waals surface area contributed by atoms with Crippen LogP contribution in [-0.4, -0.2) is 18.5 Å². The molecule has 4 rings (SSSR count). The first kappa shape index (κ1) is 12.2. The van der Waals surface area contributed by atoms with Crippen LogP contribution in [-0.2, 0) is 4.79 Å². The van der Waals surface area contributed by atoms with E-state index in [0.29, 0.717) is 24.3 Å². The predicted octanol–water partition coefficient (Wildman–Crippen LogP) is 1.91. The average molecular weight is 262 g/mol. The Bertz CT molecular complexity index is 361. The number of fused-ring (bicyclic) bond motifs is 5. The van der Waals surface area contributed by atoms with Gasteiger partial charge in [0.1, 0.15) is 0 Å². The van der Waals surface area contributed by atoms with Crippen LogP contribution in [0.15, 0.2) is 0 Å². The number of carbonyl (C=O) groups excluding carboxylic acids is 1. The van der Waals surface area contributed by atoms with Crippen molar-refractivity contribution < 1.29 is 4.79 Å². The van der Waals surface area contributed by atoms with Gasteiger partial charge in [0, 0.05) is 18.5 Å². The maximum atomic E-state index is 12.5. The van der Waals surface area contributed by atoms with Gasteiger partial charge >= 0.3 is 0 Å². The third-order valence-corrected chi connectivity index (χ3v) is 6.59. The van der Waals surface area contributed by atoms with E-state index in [2.05, 4.69) is 5.32 Å². The van der Waals surface area contributed by atoms with Crippen LogP contribution in [0.3, 0.4) is 0 Å². The van der Waals surface area contributed by atoms with Crippen LogP contribution in [0, 0.1) is 35.5 Å². The lowest BCUT2D eigenvalue weighted by atomic mass is 9.97. The van der Waals surface area contributed by atoms with Crippen molar-refractivity contribution in [1.29, 1.82) is 0 Å². The standard InChI is InChI=1S/C16H26N2O/c17-8-12(9-3-1-2-4-9)18-16(19)15-13-10-5-6-11(7-10)14(13)15/h9-15H,1-8,17H2,(H,18,19). The Morgan fingerprint density at radius 3 is 2.32 bits per heavy atom. The van der Waals surface area contributed by atoms with E-state index in [9.17, 15) is 4.79 Å². The molecule has 3 heteroatoms. The van der Waals surface area contributed by atoms with E-state index in [1.165, 1.54) is 44.9 Å². The summed E-state index contributed by atoms with van der Waals surface area (Å²) in [7, 11) is 0. The normalized spacial score (nSPS) is 45.2. The number of hydrogen-bond donors (Lipinski definition) is 2. The zero-order chi connectivity index (χ0) is 13.0. The Morgan fingerprint density at radius 1 is 1.11 bits per heavy atom. The highest BCUT2D eigenvalue weighted by molar-refractivity contribution is 5.83. The molecule has 0 saturated heterocycles. The van der Waals surface area contributed by atoms with E-state index in [4.69, 9.17) is 5.73 Å². The molecule has 0 aromatic carbocycles. The molecule has 0 aromatic heterocycles. The van der Waals surface area contributed by atoms with Gasteiger partial charge < -0.3 is 11.1 Å². The summed E-state index contributed by atoms with van der Waals surface area (Å²) in [5.74, 6) is 4.61. The first-order valence-electron chi connectivity index (χ1n) is 8.30. The Hall–Kier alpha value is -0.570. The summed E-state index contributed by atoms with van der Waals surface area (Å²) in [5.41, 5.74) is 5.89. The summed E-state index contributed by atoms with van der Waals surface area (Å²) in [6.45, 7) is 0.616. The first-order chi connectivity index (χ1) is 9.29. The molecule has 106 valence electrons. The molecule has 1 amide bonds. The smallest absolute Gasteiger partial charge is 0.223 e. The molecule has 5 atom stereocenters. The lowest BCUT2D eigenvalue weighted by Crippen LogP contribution is -2.45. The Balaban J connectivity index is 1.37. The molecular formula is C16H26N2O.